The number of nitrogens with one attached hydrogen (secondary N) is 1. The van der Waals surface area contributed by atoms with E-state index in [1.54, 1.807) is 46.0 Å². The van der Waals surface area contributed by atoms with Crippen molar-refractivity contribution in [2.45, 2.75) is 39.2 Å². The minimum Gasteiger partial charge on any atom is -0.508 e. The first-order chi connectivity index (χ1) is 20.0. The third kappa shape index (κ3) is 5.03. The molecule has 214 valence electrons. The molecule has 0 spiro atoms. The summed E-state index contributed by atoms with van der Waals surface area (Å²) < 4.78 is 8.11. The minimum atomic E-state index is -0.429. The van der Waals surface area contributed by atoms with E-state index in [4.69, 9.17) is 16.3 Å². The van der Waals surface area contributed by atoms with E-state index in [9.17, 15) is 14.7 Å². The van der Waals surface area contributed by atoms with Gasteiger partial charge >= 0.3 is 0 Å². The number of amides is 2. The van der Waals surface area contributed by atoms with Crippen molar-refractivity contribution >= 4 is 51.2 Å². The smallest absolute Gasteiger partial charge is 0.278 e. The van der Waals surface area contributed by atoms with Gasteiger partial charge in [0.1, 0.15) is 28.4 Å². The fraction of sp³-hybridized carbons (Fsp3) is 0.242. The zero-order valence-electron chi connectivity index (χ0n) is 23.8. The van der Waals surface area contributed by atoms with Gasteiger partial charge < -0.3 is 24.5 Å². The fourth-order valence-corrected chi connectivity index (χ4v) is 5.79. The topological polar surface area (TPSA) is 96.2 Å². The quantitative estimate of drug-likeness (QED) is 0.219. The predicted molar refractivity (Wildman–Crippen MR) is 165 cm³/mol. The molecule has 3 aromatic carbocycles. The van der Waals surface area contributed by atoms with Gasteiger partial charge in [-0.1, -0.05) is 18.2 Å². The lowest BCUT2D eigenvalue weighted by atomic mass is 9.92. The average molecular weight is 583 g/mol. The number of anilines is 2. The van der Waals surface area contributed by atoms with Gasteiger partial charge in [0, 0.05) is 47.8 Å². The van der Waals surface area contributed by atoms with Gasteiger partial charge in [-0.15, -0.1) is 11.6 Å². The minimum absolute atomic E-state index is 0.0448. The summed E-state index contributed by atoms with van der Waals surface area (Å²) in [5.41, 5.74) is 4.30. The highest BCUT2D eigenvalue weighted by Crippen LogP contribution is 2.47. The summed E-state index contributed by atoms with van der Waals surface area (Å²) in [6, 6.07) is 17.6. The van der Waals surface area contributed by atoms with Gasteiger partial charge in [0.2, 0.25) is 0 Å². The highest BCUT2D eigenvalue weighted by atomic mass is 35.5. The van der Waals surface area contributed by atoms with Crippen molar-refractivity contribution in [2.24, 2.45) is 0 Å². The molecule has 2 N–H and O–H groups in total. The molecule has 8 nitrogen and oxygen atoms in total. The first-order valence-electron chi connectivity index (χ1n) is 13.7. The van der Waals surface area contributed by atoms with Gasteiger partial charge in [-0.2, -0.15) is 0 Å². The summed E-state index contributed by atoms with van der Waals surface area (Å²) in [7, 11) is 0. The Hall–Kier alpha value is -4.56. The van der Waals surface area contributed by atoms with Gasteiger partial charge in [0.25, 0.3) is 11.8 Å². The molecule has 5 aromatic rings. The van der Waals surface area contributed by atoms with Gasteiger partial charge in [-0.05, 0) is 80.6 Å². The second kappa shape index (κ2) is 10.4. The van der Waals surface area contributed by atoms with Crippen LogP contribution in [0.15, 0.2) is 73.1 Å². The molecule has 1 atom stereocenters. The molecule has 1 aliphatic rings. The maximum atomic E-state index is 14.0. The van der Waals surface area contributed by atoms with Crippen LogP contribution in [0.5, 0.6) is 11.5 Å². The van der Waals surface area contributed by atoms with E-state index in [-0.39, 0.29) is 29.2 Å². The Morgan fingerprint density at radius 1 is 1.10 bits per heavy atom. The second-order valence-corrected chi connectivity index (χ2v) is 11.9. The Bertz CT molecular complexity index is 1860. The van der Waals surface area contributed by atoms with E-state index in [2.05, 4.69) is 29.4 Å². The molecule has 0 fully saturated rings. The van der Waals surface area contributed by atoms with Gasteiger partial charge in [0.05, 0.1) is 11.4 Å². The molecule has 2 amide bonds. The number of aromatic hydroxyl groups is 1. The monoisotopic (exact) mass is 582 g/mol. The number of benzene rings is 3. The standard InChI is InChI=1S/C33H31ClN4O4/c1-19-6-5-7-24-27(42-33(2,3)4)14-26-30(29(19)24)21(15-34)16-38(26)32(41)25-18-37-17-22(10-13-28(37)36-25)35-31(40)20-8-11-23(39)12-9-20/h5-14,17-18,21,39H,15-16H2,1-4H3,(H,35,40)/t21-/m1/s1. The maximum Gasteiger partial charge on any atom is 0.278 e. The van der Waals surface area contributed by atoms with E-state index < -0.39 is 5.60 Å². The number of pyridine rings is 1. The van der Waals surface area contributed by atoms with E-state index in [1.807, 2.05) is 32.9 Å². The first-order valence-corrected chi connectivity index (χ1v) is 14.3. The lowest BCUT2D eigenvalue weighted by Crippen LogP contribution is -2.30. The van der Waals surface area contributed by atoms with Crippen molar-refractivity contribution in [1.82, 2.24) is 9.38 Å². The SMILES string of the molecule is Cc1cccc2c(OC(C)(C)C)cc3c(c12)[C@H](CCl)CN3C(=O)c1cn2cc(NC(=O)c3ccc(O)cc3)ccc2n1. The number of rotatable bonds is 5. The number of phenolic OH excluding ortho intramolecular Hbond substituents is 1. The molecule has 0 saturated heterocycles. The summed E-state index contributed by atoms with van der Waals surface area (Å²) in [4.78, 5) is 33.0. The van der Waals surface area contributed by atoms with Crippen molar-refractivity contribution in [3.63, 3.8) is 0 Å². The highest BCUT2D eigenvalue weighted by Gasteiger charge is 2.36. The predicted octanol–water partition coefficient (Wildman–Crippen LogP) is 6.91. The van der Waals surface area contributed by atoms with Crippen LogP contribution in [0, 0.1) is 6.92 Å². The number of alkyl halides is 1. The Labute approximate surface area is 248 Å². The number of imidazole rings is 1. The molecule has 0 unspecified atom stereocenters. The van der Waals surface area contributed by atoms with E-state index in [0.29, 0.717) is 29.3 Å². The number of aryl methyl sites for hydroxylation is 1. The molecular formula is C33H31ClN4O4. The van der Waals surface area contributed by atoms with Crippen molar-refractivity contribution in [3.8, 4) is 11.5 Å². The van der Waals surface area contributed by atoms with Crippen molar-refractivity contribution < 1.29 is 19.4 Å². The van der Waals surface area contributed by atoms with Gasteiger partial charge in [-0.3, -0.25) is 9.59 Å². The number of nitrogens with zero attached hydrogens (tertiary/aromatic N) is 3. The van der Waals surface area contributed by atoms with Crippen molar-refractivity contribution in [3.05, 3.63) is 95.4 Å². The molecule has 0 aliphatic carbocycles. The number of carbonyl (C=O) groups excluding carboxylic acids is 2. The molecule has 3 heterocycles. The van der Waals surface area contributed by atoms with E-state index in [0.717, 1.165) is 33.3 Å². The van der Waals surface area contributed by atoms with Crippen LogP contribution >= 0.6 is 11.6 Å². The number of fused-ring (bicyclic) bond motifs is 4. The molecule has 9 heteroatoms. The van der Waals surface area contributed by atoms with Gasteiger partial charge in [-0.25, -0.2) is 4.98 Å². The van der Waals surface area contributed by atoms with Crippen LogP contribution in [-0.2, 0) is 0 Å². The number of halogens is 1. The number of aromatic nitrogens is 2. The van der Waals surface area contributed by atoms with Crippen molar-refractivity contribution in [2.75, 3.05) is 22.6 Å². The molecule has 1 aliphatic heterocycles. The second-order valence-electron chi connectivity index (χ2n) is 11.6. The molecule has 0 bridgehead atoms. The summed E-state index contributed by atoms with van der Waals surface area (Å²) in [6.45, 7) is 8.51. The normalized spacial score (nSPS) is 14.8. The number of hydrogen-bond acceptors (Lipinski definition) is 5. The number of phenols is 1. The Balaban J connectivity index is 1.36. The van der Waals surface area contributed by atoms with E-state index >= 15 is 0 Å². The lowest BCUT2D eigenvalue weighted by Gasteiger charge is -2.25. The zero-order chi connectivity index (χ0) is 29.8. The Morgan fingerprint density at radius 3 is 2.57 bits per heavy atom. The molecule has 2 aromatic heterocycles. The summed E-state index contributed by atoms with van der Waals surface area (Å²) in [6.07, 6.45) is 3.38. The van der Waals surface area contributed by atoms with Crippen LogP contribution in [0.1, 0.15) is 58.7 Å². The van der Waals surface area contributed by atoms with Crippen LogP contribution in [0.25, 0.3) is 16.4 Å². The lowest BCUT2D eigenvalue weighted by molar-refractivity contribution is 0.0982. The van der Waals surface area contributed by atoms with Crippen LogP contribution in [-0.4, -0.2) is 44.3 Å². The summed E-state index contributed by atoms with van der Waals surface area (Å²) >= 11 is 6.49. The number of ether oxygens (including phenoxy) is 1. The summed E-state index contributed by atoms with van der Waals surface area (Å²) in [5, 5.41) is 14.4. The fourth-order valence-electron chi connectivity index (χ4n) is 5.54. The maximum absolute atomic E-state index is 14.0. The largest absolute Gasteiger partial charge is 0.508 e. The third-order valence-electron chi connectivity index (χ3n) is 7.36. The molecule has 6 rings (SSSR count). The number of carbonyl (C=O) groups is 2. The van der Waals surface area contributed by atoms with Crippen molar-refractivity contribution in [1.29, 1.82) is 0 Å². The van der Waals surface area contributed by atoms with Crippen LogP contribution in [0.4, 0.5) is 11.4 Å². The molecule has 0 saturated carbocycles. The zero-order valence-corrected chi connectivity index (χ0v) is 24.6. The Kier molecular flexibility index (Phi) is 6.81. The highest BCUT2D eigenvalue weighted by molar-refractivity contribution is 6.19. The number of hydrogen-bond donors (Lipinski definition) is 2. The molecule has 0 radical (unpaired) electrons. The molecule has 42 heavy (non-hydrogen) atoms. The van der Waals surface area contributed by atoms with Crippen LogP contribution in [0.2, 0.25) is 0 Å². The summed E-state index contributed by atoms with van der Waals surface area (Å²) in [5.74, 6) is 0.574. The van der Waals surface area contributed by atoms with Crippen LogP contribution < -0.4 is 15.0 Å². The van der Waals surface area contributed by atoms with E-state index in [1.165, 1.54) is 12.1 Å². The average Bonchev–Trinajstić information content (AvgIpc) is 3.53. The molecular weight excluding hydrogens is 552 g/mol. The first kappa shape index (κ1) is 27.6. The van der Waals surface area contributed by atoms with Gasteiger partial charge in [0.15, 0.2) is 0 Å². The third-order valence-corrected chi connectivity index (χ3v) is 7.73. The Morgan fingerprint density at radius 2 is 1.86 bits per heavy atom. The van der Waals surface area contributed by atoms with Crippen LogP contribution in [0.3, 0.4) is 0 Å².